The van der Waals surface area contributed by atoms with Gasteiger partial charge in [-0.3, -0.25) is 19.3 Å². The van der Waals surface area contributed by atoms with E-state index in [1.54, 1.807) is 60.7 Å². The fraction of sp³-hybridized carbons (Fsp3) is 0.0417. The Morgan fingerprint density at radius 3 is 2.00 bits per heavy atom. The van der Waals surface area contributed by atoms with E-state index in [4.69, 9.17) is 0 Å². The average molecular weight is 365 g/mol. The number of fused-ring (bicyclic) bond motifs is 1. The normalized spacial score (nSPS) is 12.4. The summed E-state index contributed by atoms with van der Waals surface area (Å²) in [5.74, 6) is 5.00. The molecule has 0 saturated carbocycles. The highest BCUT2D eigenvalue weighted by molar-refractivity contribution is 6.21. The van der Waals surface area contributed by atoms with Crippen LogP contribution in [0.15, 0.2) is 78.9 Å². The first-order valence-corrected chi connectivity index (χ1v) is 8.79. The van der Waals surface area contributed by atoms with Gasteiger partial charge in [0.1, 0.15) is 0 Å². The van der Waals surface area contributed by atoms with Crippen molar-refractivity contribution in [3.05, 3.63) is 107 Å². The Morgan fingerprint density at radius 2 is 1.32 bits per heavy atom. The van der Waals surface area contributed by atoms with Crippen LogP contribution < -0.4 is 0 Å². The lowest BCUT2D eigenvalue weighted by molar-refractivity contribution is 0.0674. The highest BCUT2D eigenvalue weighted by Gasteiger charge is 2.34. The molecule has 0 aliphatic carbocycles. The Balaban J connectivity index is 1.58. The van der Waals surface area contributed by atoms with Crippen LogP contribution in [-0.2, 0) is 0 Å². The van der Waals surface area contributed by atoms with Crippen molar-refractivity contribution in [3.8, 4) is 11.8 Å². The van der Waals surface area contributed by atoms with Gasteiger partial charge in [-0.2, -0.15) is 0 Å². The van der Waals surface area contributed by atoms with Crippen LogP contribution >= 0.6 is 0 Å². The number of amides is 2. The smallest absolute Gasteiger partial charge is 0.262 e. The maximum atomic E-state index is 12.8. The van der Waals surface area contributed by atoms with E-state index in [2.05, 4.69) is 11.8 Å². The third-order valence-corrected chi connectivity index (χ3v) is 4.55. The molecule has 0 fully saturated rings. The second kappa shape index (κ2) is 7.34. The molecule has 1 aliphatic heterocycles. The van der Waals surface area contributed by atoms with Crippen LogP contribution in [0.4, 0.5) is 0 Å². The molecule has 28 heavy (non-hydrogen) atoms. The molecule has 0 atom stereocenters. The molecule has 0 N–H and O–H groups in total. The molecular formula is C24H15NO3. The maximum Gasteiger partial charge on any atom is 0.262 e. The lowest BCUT2D eigenvalue weighted by Gasteiger charge is -2.09. The van der Waals surface area contributed by atoms with Gasteiger partial charge in [-0.05, 0) is 24.3 Å². The summed E-state index contributed by atoms with van der Waals surface area (Å²) in [4.78, 5) is 38.7. The first kappa shape index (κ1) is 17.4. The van der Waals surface area contributed by atoms with Gasteiger partial charge in [0, 0.05) is 16.7 Å². The highest BCUT2D eigenvalue weighted by atomic mass is 16.2. The lowest BCUT2D eigenvalue weighted by atomic mass is 9.98. The van der Waals surface area contributed by atoms with Crippen molar-refractivity contribution in [2.24, 2.45) is 0 Å². The SMILES string of the molecule is O=C(c1ccccc1)c1ccccc1C#CCN1C(=O)c2ccccc2C1=O. The Morgan fingerprint density at radius 1 is 0.750 bits per heavy atom. The molecule has 4 rings (SSSR count). The van der Waals surface area contributed by atoms with Crippen molar-refractivity contribution in [2.45, 2.75) is 0 Å². The molecule has 0 bridgehead atoms. The van der Waals surface area contributed by atoms with Crippen LogP contribution in [0.3, 0.4) is 0 Å². The molecule has 0 unspecified atom stereocenters. The molecule has 134 valence electrons. The summed E-state index contributed by atoms with van der Waals surface area (Å²) in [6, 6.07) is 22.8. The number of hydrogen-bond acceptors (Lipinski definition) is 3. The van der Waals surface area contributed by atoms with E-state index < -0.39 is 0 Å². The second-order valence-corrected chi connectivity index (χ2v) is 6.28. The zero-order chi connectivity index (χ0) is 19.5. The molecule has 4 nitrogen and oxygen atoms in total. The molecule has 0 radical (unpaired) electrons. The fourth-order valence-electron chi connectivity index (χ4n) is 3.13. The van der Waals surface area contributed by atoms with E-state index in [9.17, 15) is 14.4 Å². The molecule has 3 aromatic rings. The Labute approximate surface area is 162 Å². The average Bonchev–Trinajstić information content (AvgIpc) is 2.99. The van der Waals surface area contributed by atoms with Crippen LogP contribution in [0.25, 0.3) is 0 Å². The molecule has 1 heterocycles. The summed E-state index contributed by atoms with van der Waals surface area (Å²) < 4.78 is 0. The first-order valence-electron chi connectivity index (χ1n) is 8.79. The topological polar surface area (TPSA) is 54.5 Å². The number of carbonyl (C=O) groups excluding carboxylic acids is 3. The summed E-state index contributed by atoms with van der Waals surface area (Å²) in [5.41, 5.74) is 2.43. The van der Waals surface area contributed by atoms with Crippen molar-refractivity contribution in [1.29, 1.82) is 0 Å². The highest BCUT2D eigenvalue weighted by Crippen LogP contribution is 2.22. The summed E-state index contributed by atoms with van der Waals surface area (Å²) in [6.07, 6.45) is 0. The molecule has 3 aromatic carbocycles. The second-order valence-electron chi connectivity index (χ2n) is 6.28. The molecule has 2 amide bonds. The Hall–Kier alpha value is -3.97. The summed E-state index contributed by atoms with van der Waals surface area (Å²) in [5, 5.41) is 0. The van der Waals surface area contributed by atoms with E-state index in [0.29, 0.717) is 27.8 Å². The fourth-order valence-corrected chi connectivity index (χ4v) is 3.13. The van der Waals surface area contributed by atoms with Crippen molar-refractivity contribution in [3.63, 3.8) is 0 Å². The number of benzene rings is 3. The van der Waals surface area contributed by atoms with E-state index in [0.717, 1.165) is 4.90 Å². The number of carbonyl (C=O) groups is 3. The summed E-state index contributed by atoms with van der Waals surface area (Å²) >= 11 is 0. The predicted molar refractivity (Wildman–Crippen MR) is 105 cm³/mol. The number of nitrogens with zero attached hydrogens (tertiary/aromatic N) is 1. The standard InChI is InChI=1S/C24H15NO3/c26-22(18-10-2-1-3-11-18)19-13-5-4-9-17(19)12-8-16-25-23(27)20-14-6-7-15-21(20)24(25)28/h1-7,9-11,13-15H,16H2. The van der Waals surface area contributed by atoms with Gasteiger partial charge in [-0.1, -0.05) is 66.4 Å². The molecule has 0 saturated heterocycles. The monoisotopic (exact) mass is 365 g/mol. The minimum atomic E-state index is -0.344. The van der Waals surface area contributed by atoms with Gasteiger partial charge in [0.25, 0.3) is 11.8 Å². The largest absolute Gasteiger partial charge is 0.289 e. The van der Waals surface area contributed by atoms with Crippen molar-refractivity contribution >= 4 is 17.6 Å². The van der Waals surface area contributed by atoms with Crippen LogP contribution in [0.2, 0.25) is 0 Å². The zero-order valence-corrected chi connectivity index (χ0v) is 14.9. The third-order valence-electron chi connectivity index (χ3n) is 4.55. The van der Waals surface area contributed by atoms with E-state index in [-0.39, 0.29) is 24.1 Å². The minimum Gasteiger partial charge on any atom is -0.289 e. The summed E-state index contributed by atoms with van der Waals surface area (Å²) in [6.45, 7) is -0.0276. The molecular weight excluding hydrogens is 350 g/mol. The van der Waals surface area contributed by atoms with E-state index in [1.807, 2.05) is 18.2 Å². The van der Waals surface area contributed by atoms with Crippen LogP contribution in [0.1, 0.15) is 42.2 Å². The van der Waals surface area contributed by atoms with Gasteiger partial charge in [0.15, 0.2) is 5.78 Å². The summed E-state index contributed by atoms with van der Waals surface area (Å²) in [7, 11) is 0. The first-order chi connectivity index (χ1) is 13.7. The number of imide groups is 1. The zero-order valence-electron chi connectivity index (χ0n) is 14.9. The van der Waals surface area contributed by atoms with Crippen LogP contribution in [-0.4, -0.2) is 29.0 Å². The minimum absolute atomic E-state index is 0.0276. The van der Waals surface area contributed by atoms with Gasteiger partial charge < -0.3 is 0 Å². The van der Waals surface area contributed by atoms with Gasteiger partial charge in [0.05, 0.1) is 17.7 Å². The third kappa shape index (κ3) is 3.10. The molecule has 0 aromatic heterocycles. The van der Waals surface area contributed by atoms with E-state index >= 15 is 0 Å². The molecule has 1 aliphatic rings. The Bertz CT molecular complexity index is 1120. The van der Waals surface area contributed by atoms with Gasteiger partial charge in [-0.15, -0.1) is 0 Å². The predicted octanol–water partition coefficient (Wildman–Crippen LogP) is 3.57. The Kier molecular flexibility index (Phi) is 4.57. The number of rotatable bonds is 3. The van der Waals surface area contributed by atoms with Crippen molar-refractivity contribution < 1.29 is 14.4 Å². The van der Waals surface area contributed by atoms with Gasteiger partial charge in [-0.25, -0.2) is 0 Å². The number of hydrogen-bond donors (Lipinski definition) is 0. The molecule has 0 spiro atoms. The van der Waals surface area contributed by atoms with Crippen LogP contribution in [0, 0.1) is 11.8 Å². The van der Waals surface area contributed by atoms with E-state index in [1.165, 1.54) is 0 Å². The molecule has 4 heteroatoms. The van der Waals surface area contributed by atoms with Gasteiger partial charge in [0.2, 0.25) is 0 Å². The maximum absolute atomic E-state index is 12.8. The number of ketones is 1. The van der Waals surface area contributed by atoms with Crippen molar-refractivity contribution in [2.75, 3.05) is 6.54 Å². The quantitative estimate of drug-likeness (QED) is 0.405. The van der Waals surface area contributed by atoms with Crippen LogP contribution in [0.5, 0.6) is 0 Å². The van der Waals surface area contributed by atoms with Gasteiger partial charge >= 0.3 is 0 Å². The van der Waals surface area contributed by atoms with Crippen molar-refractivity contribution in [1.82, 2.24) is 4.90 Å². The lowest BCUT2D eigenvalue weighted by Crippen LogP contribution is -2.30.